The topological polar surface area (TPSA) is 30.7 Å². The molecule has 0 aliphatic heterocycles. The number of nitrogens with zero attached hydrogens (tertiary/aromatic N) is 3. The minimum absolute atomic E-state index is 0.573. The Balaban J connectivity index is 2.22. The van der Waals surface area contributed by atoms with Crippen LogP contribution >= 0.6 is 11.8 Å². The second-order valence-electron chi connectivity index (χ2n) is 5.17. The molecule has 0 spiro atoms. The Morgan fingerprint density at radius 2 is 2.00 bits per heavy atom. The Morgan fingerprint density at radius 3 is 2.65 bits per heavy atom. The van der Waals surface area contributed by atoms with Gasteiger partial charge in [-0.2, -0.15) is 0 Å². The van der Waals surface area contributed by atoms with Gasteiger partial charge in [-0.25, -0.2) is 0 Å². The summed E-state index contributed by atoms with van der Waals surface area (Å²) in [5.41, 5.74) is 1.27. The van der Waals surface area contributed by atoms with Gasteiger partial charge in [-0.05, 0) is 11.5 Å². The van der Waals surface area contributed by atoms with Crippen molar-refractivity contribution in [3.05, 3.63) is 54.4 Å². The predicted molar refractivity (Wildman–Crippen MR) is 85.0 cm³/mol. The monoisotopic (exact) mass is 287 g/mol. The lowest BCUT2D eigenvalue weighted by Crippen LogP contribution is -2.10. The van der Waals surface area contributed by atoms with Crippen molar-refractivity contribution in [2.75, 3.05) is 5.75 Å². The average molecular weight is 287 g/mol. The Bertz CT molecular complexity index is 546. The first kappa shape index (κ1) is 14.9. The van der Waals surface area contributed by atoms with E-state index in [1.54, 1.807) is 11.8 Å². The van der Waals surface area contributed by atoms with Gasteiger partial charge < -0.3 is 4.57 Å². The number of benzene rings is 1. The van der Waals surface area contributed by atoms with Gasteiger partial charge >= 0.3 is 0 Å². The fourth-order valence-corrected chi connectivity index (χ4v) is 2.72. The normalized spacial score (nSPS) is 10.9. The fourth-order valence-electron chi connectivity index (χ4n) is 2.02. The molecule has 0 bridgehead atoms. The van der Waals surface area contributed by atoms with Gasteiger partial charge in [-0.3, -0.25) is 0 Å². The van der Waals surface area contributed by atoms with Crippen LogP contribution in [0.5, 0.6) is 0 Å². The Labute approximate surface area is 125 Å². The van der Waals surface area contributed by atoms with Crippen LogP contribution in [0.25, 0.3) is 0 Å². The van der Waals surface area contributed by atoms with Crippen LogP contribution in [0.15, 0.2) is 48.1 Å². The molecule has 1 aromatic heterocycles. The van der Waals surface area contributed by atoms with Gasteiger partial charge in [-0.15, -0.1) is 16.8 Å². The summed E-state index contributed by atoms with van der Waals surface area (Å²) in [5.74, 6) is 2.47. The van der Waals surface area contributed by atoms with E-state index >= 15 is 0 Å². The van der Waals surface area contributed by atoms with Crippen LogP contribution in [-0.4, -0.2) is 20.5 Å². The summed E-state index contributed by atoms with van der Waals surface area (Å²) in [6.07, 6.45) is 2.73. The van der Waals surface area contributed by atoms with Crippen molar-refractivity contribution in [1.29, 1.82) is 0 Å². The fraction of sp³-hybridized carbons (Fsp3) is 0.375. The highest BCUT2D eigenvalue weighted by Gasteiger charge is 2.13. The van der Waals surface area contributed by atoms with E-state index in [0.29, 0.717) is 5.92 Å². The molecule has 1 aromatic carbocycles. The molecule has 0 saturated heterocycles. The van der Waals surface area contributed by atoms with Crippen LogP contribution in [0.1, 0.15) is 25.2 Å². The number of hydrogen-bond acceptors (Lipinski definition) is 3. The van der Waals surface area contributed by atoms with Crippen LogP contribution in [0.3, 0.4) is 0 Å². The number of thioether (sulfide) groups is 1. The number of rotatable bonds is 7. The zero-order valence-corrected chi connectivity index (χ0v) is 12.9. The molecule has 1 heterocycles. The summed E-state index contributed by atoms with van der Waals surface area (Å²) in [6.45, 7) is 9.15. The third-order valence-electron chi connectivity index (χ3n) is 2.88. The smallest absolute Gasteiger partial charge is 0.191 e. The van der Waals surface area contributed by atoms with Crippen LogP contribution in [-0.2, 0) is 13.0 Å². The standard InChI is InChI=1S/C16H21N3S/c1-4-10-20-16-18-17-15(19(16)12-13(2)3)11-14-8-6-5-7-9-14/h4-9,13H,1,10-12H2,2-3H3. The largest absolute Gasteiger partial charge is 0.305 e. The van der Waals surface area contributed by atoms with Crippen LogP contribution < -0.4 is 0 Å². The maximum atomic E-state index is 4.38. The molecule has 2 rings (SSSR count). The lowest BCUT2D eigenvalue weighted by molar-refractivity contribution is 0.482. The highest BCUT2D eigenvalue weighted by molar-refractivity contribution is 7.99. The summed E-state index contributed by atoms with van der Waals surface area (Å²) in [5, 5.41) is 9.70. The first-order valence-electron chi connectivity index (χ1n) is 6.90. The van der Waals surface area contributed by atoms with Crippen molar-refractivity contribution in [3.63, 3.8) is 0 Å². The van der Waals surface area contributed by atoms with E-state index in [9.17, 15) is 0 Å². The molecule has 0 saturated carbocycles. The van der Waals surface area contributed by atoms with Gasteiger partial charge in [0.2, 0.25) is 0 Å². The maximum Gasteiger partial charge on any atom is 0.191 e. The van der Waals surface area contributed by atoms with Crippen molar-refractivity contribution >= 4 is 11.8 Å². The zero-order chi connectivity index (χ0) is 14.4. The lowest BCUT2D eigenvalue weighted by Gasteiger charge is -2.12. The van der Waals surface area contributed by atoms with Crippen LogP contribution in [0.4, 0.5) is 0 Å². The average Bonchev–Trinajstić information content (AvgIpc) is 2.79. The van der Waals surface area contributed by atoms with E-state index in [2.05, 4.69) is 59.5 Å². The summed E-state index contributed by atoms with van der Waals surface area (Å²) in [4.78, 5) is 0. The molecule has 0 amide bonds. The molecule has 3 nitrogen and oxygen atoms in total. The van der Waals surface area contributed by atoms with Gasteiger partial charge in [0.1, 0.15) is 5.82 Å². The van der Waals surface area contributed by atoms with Crippen molar-refractivity contribution in [3.8, 4) is 0 Å². The number of hydrogen-bond donors (Lipinski definition) is 0. The summed E-state index contributed by atoms with van der Waals surface area (Å²) in [6, 6.07) is 10.4. The van der Waals surface area contributed by atoms with Gasteiger partial charge in [0.25, 0.3) is 0 Å². The second kappa shape index (κ2) is 7.29. The Morgan fingerprint density at radius 1 is 1.25 bits per heavy atom. The number of aromatic nitrogens is 3. The molecule has 0 atom stereocenters. The summed E-state index contributed by atoms with van der Waals surface area (Å²) >= 11 is 1.69. The van der Waals surface area contributed by atoms with Gasteiger partial charge in [0.15, 0.2) is 5.16 Å². The van der Waals surface area contributed by atoms with E-state index < -0.39 is 0 Å². The SMILES string of the molecule is C=CCSc1nnc(Cc2ccccc2)n1CC(C)C. The summed E-state index contributed by atoms with van der Waals surface area (Å²) < 4.78 is 2.24. The van der Waals surface area contributed by atoms with Crippen molar-refractivity contribution in [2.24, 2.45) is 5.92 Å². The van der Waals surface area contributed by atoms with Gasteiger partial charge in [0.05, 0.1) is 0 Å². The third-order valence-corrected chi connectivity index (χ3v) is 3.84. The Kier molecular flexibility index (Phi) is 5.41. The highest BCUT2D eigenvalue weighted by Crippen LogP contribution is 2.20. The van der Waals surface area contributed by atoms with Crippen molar-refractivity contribution in [2.45, 2.75) is 32.0 Å². The van der Waals surface area contributed by atoms with Crippen molar-refractivity contribution < 1.29 is 0 Å². The minimum Gasteiger partial charge on any atom is -0.305 e. The van der Waals surface area contributed by atoms with Gasteiger partial charge in [0, 0.05) is 18.7 Å². The lowest BCUT2D eigenvalue weighted by atomic mass is 10.1. The minimum atomic E-state index is 0.573. The van der Waals surface area contributed by atoms with Crippen LogP contribution in [0.2, 0.25) is 0 Å². The van der Waals surface area contributed by atoms with E-state index in [-0.39, 0.29) is 0 Å². The second-order valence-corrected chi connectivity index (χ2v) is 6.15. The first-order chi connectivity index (χ1) is 9.70. The molecule has 0 N–H and O–H groups in total. The van der Waals surface area contributed by atoms with Gasteiger partial charge in [-0.1, -0.05) is 62.0 Å². The van der Waals surface area contributed by atoms with E-state index in [1.807, 2.05) is 12.1 Å². The molecule has 20 heavy (non-hydrogen) atoms. The first-order valence-corrected chi connectivity index (χ1v) is 7.89. The molecule has 0 fully saturated rings. The summed E-state index contributed by atoms with van der Waals surface area (Å²) in [7, 11) is 0. The van der Waals surface area contributed by atoms with Crippen LogP contribution in [0, 0.1) is 5.92 Å². The highest BCUT2D eigenvalue weighted by atomic mass is 32.2. The molecule has 0 radical (unpaired) electrons. The molecule has 106 valence electrons. The maximum absolute atomic E-state index is 4.38. The molecular formula is C16H21N3S. The molecule has 0 unspecified atom stereocenters. The Hall–Kier alpha value is -1.55. The van der Waals surface area contributed by atoms with E-state index in [1.165, 1.54) is 5.56 Å². The zero-order valence-electron chi connectivity index (χ0n) is 12.1. The molecule has 4 heteroatoms. The predicted octanol–water partition coefficient (Wildman–Crippen LogP) is 3.80. The third kappa shape index (κ3) is 3.97. The van der Waals surface area contributed by atoms with E-state index in [4.69, 9.17) is 0 Å². The molecule has 0 aliphatic rings. The molecule has 0 aliphatic carbocycles. The molecule has 2 aromatic rings. The molecular weight excluding hydrogens is 266 g/mol. The van der Waals surface area contributed by atoms with Crippen molar-refractivity contribution in [1.82, 2.24) is 14.8 Å². The van der Waals surface area contributed by atoms with E-state index in [0.717, 1.165) is 29.7 Å². The quantitative estimate of drug-likeness (QED) is 0.573.